The third-order valence-electron chi connectivity index (χ3n) is 2.81. The fourth-order valence-electron chi connectivity index (χ4n) is 1.76. The van der Waals surface area contributed by atoms with E-state index in [1.54, 1.807) is 20.8 Å². The van der Waals surface area contributed by atoms with Gasteiger partial charge in [-0.25, -0.2) is 4.79 Å². The molecule has 0 aliphatic rings. The lowest BCUT2D eigenvalue weighted by Crippen LogP contribution is -2.33. The van der Waals surface area contributed by atoms with Gasteiger partial charge in [0, 0.05) is 13.1 Å². The summed E-state index contributed by atoms with van der Waals surface area (Å²) in [4.78, 5) is 11.4. The number of nitrogens with one attached hydrogen (secondary N) is 2. The van der Waals surface area contributed by atoms with Crippen LogP contribution in [0.3, 0.4) is 0 Å². The summed E-state index contributed by atoms with van der Waals surface area (Å²) in [7, 11) is 0. The van der Waals surface area contributed by atoms with Gasteiger partial charge in [-0.3, -0.25) is 0 Å². The Morgan fingerprint density at radius 2 is 1.70 bits per heavy atom. The van der Waals surface area contributed by atoms with Gasteiger partial charge >= 0.3 is 12.3 Å². The first-order valence-corrected chi connectivity index (χ1v) is 7.41. The number of hydrogen-bond donors (Lipinski definition) is 2. The van der Waals surface area contributed by atoms with Crippen LogP contribution in [0, 0.1) is 0 Å². The lowest BCUT2D eigenvalue weighted by molar-refractivity contribution is -0.137. The van der Waals surface area contributed by atoms with E-state index in [0.29, 0.717) is 26.1 Å². The molecule has 0 unspecified atom stereocenters. The molecule has 2 N–H and O–H groups in total. The molecule has 130 valence electrons. The second kappa shape index (κ2) is 8.19. The molecular formula is C16H23F3N2O2. The summed E-state index contributed by atoms with van der Waals surface area (Å²) in [5, 5.41) is 5.74. The molecule has 0 fully saturated rings. The van der Waals surface area contributed by atoms with E-state index in [0.717, 1.165) is 17.7 Å². The van der Waals surface area contributed by atoms with Crippen LogP contribution in [0.2, 0.25) is 0 Å². The number of alkyl halides is 3. The molecule has 0 spiro atoms. The van der Waals surface area contributed by atoms with Crippen molar-refractivity contribution in [3.8, 4) is 0 Å². The van der Waals surface area contributed by atoms with Crippen molar-refractivity contribution in [2.45, 2.75) is 45.5 Å². The minimum absolute atomic E-state index is 0.458. The van der Waals surface area contributed by atoms with Gasteiger partial charge in [0.2, 0.25) is 0 Å². The summed E-state index contributed by atoms with van der Waals surface area (Å²) >= 11 is 0. The summed E-state index contributed by atoms with van der Waals surface area (Å²) in [6.07, 6.45) is -4.07. The number of halogens is 3. The highest BCUT2D eigenvalue weighted by Gasteiger charge is 2.29. The van der Waals surface area contributed by atoms with E-state index in [2.05, 4.69) is 10.6 Å². The van der Waals surface area contributed by atoms with E-state index >= 15 is 0 Å². The minimum atomic E-state index is -4.31. The topological polar surface area (TPSA) is 50.4 Å². The van der Waals surface area contributed by atoms with Gasteiger partial charge in [0.25, 0.3) is 0 Å². The lowest BCUT2D eigenvalue weighted by Gasteiger charge is -2.19. The minimum Gasteiger partial charge on any atom is -0.444 e. The van der Waals surface area contributed by atoms with Crippen LogP contribution in [0.4, 0.5) is 18.0 Å². The van der Waals surface area contributed by atoms with Crippen LogP contribution in [0.1, 0.15) is 38.3 Å². The summed E-state index contributed by atoms with van der Waals surface area (Å²) in [5.41, 5.74) is -0.397. The van der Waals surface area contributed by atoms with Crippen LogP contribution in [0.15, 0.2) is 24.3 Å². The zero-order valence-electron chi connectivity index (χ0n) is 13.6. The lowest BCUT2D eigenvalue weighted by atomic mass is 10.1. The van der Waals surface area contributed by atoms with Gasteiger partial charge in [-0.2, -0.15) is 13.2 Å². The van der Waals surface area contributed by atoms with Gasteiger partial charge in [0.05, 0.1) is 5.56 Å². The predicted octanol–water partition coefficient (Wildman–Crippen LogP) is 3.71. The van der Waals surface area contributed by atoms with Gasteiger partial charge in [-0.15, -0.1) is 0 Å². The van der Waals surface area contributed by atoms with Crippen molar-refractivity contribution in [2.24, 2.45) is 0 Å². The number of benzene rings is 1. The van der Waals surface area contributed by atoms with Crippen molar-refractivity contribution in [2.75, 3.05) is 13.1 Å². The Bertz CT molecular complexity index is 494. The molecule has 0 saturated carbocycles. The predicted molar refractivity (Wildman–Crippen MR) is 82.0 cm³/mol. The molecule has 0 aromatic heterocycles. The number of carbonyl (C=O) groups excluding carboxylic acids is 1. The van der Waals surface area contributed by atoms with Crippen LogP contribution < -0.4 is 10.6 Å². The highest BCUT2D eigenvalue weighted by atomic mass is 19.4. The Morgan fingerprint density at radius 1 is 1.09 bits per heavy atom. The van der Waals surface area contributed by atoms with Crippen molar-refractivity contribution in [3.63, 3.8) is 0 Å². The Balaban J connectivity index is 2.17. The molecule has 7 heteroatoms. The van der Waals surface area contributed by atoms with Gasteiger partial charge in [-0.1, -0.05) is 12.1 Å². The first kappa shape index (κ1) is 19.3. The Morgan fingerprint density at radius 3 is 2.22 bits per heavy atom. The Labute approximate surface area is 134 Å². The average Bonchev–Trinajstić information content (AvgIpc) is 2.40. The molecule has 0 aliphatic carbocycles. The number of alkyl carbamates (subject to hydrolysis) is 1. The molecule has 0 radical (unpaired) electrons. The summed E-state index contributed by atoms with van der Waals surface area (Å²) in [6, 6.07) is 5.05. The second-order valence-corrected chi connectivity index (χ2v) is 6.15. The quantitative estimate of drug-likeness (QED) is 0.781. The SMILES string of the molecule is CC(C)(C)OC(=O)NCCCNCc1ccc(C(F)(F)F)cc1. The molecule has 0 aliphatic heterocycles. The second-order valence-electron chi connectivity index (χ2n) is 6.15. The number of ether oxygens (including phenoxy) is 1. The van der Waals surface area contributed by atoms with E-state index < -0.39 is 23.4 Å². The molecule has 1 aromatic carbocycles. The molecule has 0 bridgehead atoms. The van der Waals surface area contributed by atoms with Crippen LogP contribution in [0.5, 0.6) is 0 Å². The average molecular weight is 332 g/mol. The fraction of sp³-hybridized carbons (Fsp3) is 0.562. The molecule has 0 heterocycles. The van der Waals surface area contributed by atoms with Crippen molar-refractivity contribution < 1.29 is 22.7 Å². The van der Waals surface area contributed by atoms with Crippen LogP contribution in [0.25, 0.3) is 0 Å². The van der Waals surface area contributed by atoms with Crippen molar-refractivity contribution >= 4 is 6.09 Å². The monoisotopic (exact) mass is 332 g/mol. The van der Waals surface area contributed by atoms with Crippen molar-refractivity contribution in [1.82, 2.24) is 10.6 Å². The third kappa shape index (κ3) is 8.44. The summed E-state index contributed by atoms with van der Waals surface area (Å²) < 4.78 is 42.3. The maximum absolute atomic E-state index is 12.4. The van der Waals surface area contributed by atoms with Crippen LogP contribution in [-0.4, -0.2) is 24.8 Å². The van der Waals surface area contributed by atoms with E-state index in [4.69, 9.17) is 4.74 Å². The van der Waals surface area contributed by atoms with Gasteiger partial charge in [-0.05, 0) is 51.4 Å². The Hall–Kier alpha value is -1.76. The first-order chi connectivity index (χ1) is 10.6. The normalized spacial score (nSPS) is 12.1. The summed E-state index contributed by atoms with van der Waals surface area (Å²) in [6.45, 7) is 6.95. The van der Waals surface area contributed by atoms with Gasteiger partial charge < -0.3 is 15.4 Å². The smallest absolute Gasteiger partial charge is 0.416 e. The van der Waals surface area contributed by atoms with Crippen LogP contribution in [-0.2, 0) is 17.5 Å². The fourth-order valence-corrected chi connectivity index (χ4v) is 1.76. The van der Waals surface area contributed by atoms with E-state index in [9.17, 15) is 18.0 Å². The zero-order valence-corrected chi connectivity index (χ0v) is 13.6. The molecule has 1 rings (SSSR count). The maximum Gasteiger partial charge on any atom is 0.416 e. The highest BCUT2D eigenvalue weighted by Crippen LogP contribution is 2.28. The van der Waals surface area contributed by atoms with Crippen LogP contribution >= 0.6 is 0 Å². The number of carbonyl (C=O) groups is 1. The first-order valence-electron chi connectivity index (χ1n) is 7.41. The van der Waals surface area contributed by atoms with Crippen molar-refractivity contribution in [3.05, 3.63) is 35.4 Å². The van der Waals surface area contributed by atoms with Crippen molar-refractivity contribution in [1.29, 1.82) is 0 Å². The zero-order chi connectivity index (χ0) is 17.5. The van der Waals surface area contributed by atoms with Gasteiger partial charge in [0.15, 0.2) is 0 Å². The largest absolute Gasteiger partial charge is 0.444 e. The van der Waals surface area contributed by atoms with E-state index in [-0.39, 0.29) is 0 Å². The maximum atomic E-state index is 12.4. The summed E-state index contributed by atoms with van der Waals surface area (Å²) in [5.74, 6) is 0. The van der Waals surface area contributed by atoms with Gasteiger partial charge in [0.1, 0.15) is 5.60 Å². The molecular weight excluding hydrogens is 309 g/mol. The number of amides is 1. The molecule has 0 saturated heterocycles. The Kier molecular flexibility index (Phi) is 6.87. The molecule has 4 nitrogen and oxygen atoms in total. The number of rotatable bonds is 6. The highest BCUT2D eigenvalue weighted by molar-refractivity contribution is 5.67. The number of hydrogen-bond acceptors (Lipinski definition) is 3. The van der Waals surface area contributed by atoms with E-state index in [1.165, 1.54) is 12.1 Å². The standard InChI is InChI=1S/C16H23F3N2O2/c1-15(2,3)23-14(22)21-10-4-9-20-11-12-5-7-13(8-6-12)16(17,18)19/h5-8,20H,4,9-11H2,1-3H3,(H,21,22). The molecule has 1 amide bonds. The molecule has 0 atom stereocenters. The molecule has 23 heavy (non-hydrogen) atoms. The third-order valence-corrected chi connectivity index (χ3v) is 2.81. The molecule has 1 aromatic rings. The van der Waals surface area contributed by atoms with E-state index in [1.807, 2.05) is 0 Å².